The van der Waals surface area contributed by atoms with Crippen LogP contribution in [-0.2, 0) is 11.1 Å². The van der Waals surface area contributed by atoms with Crippen molar-refractivity contribution in [2.24, 2.45) is 0 Å². The maximum absolute atomic E-state index is 13.0. The van der Waals surface area contributed by atoms with Crippen LogP contribution in [0.5, 0.6) is 0 Å². The molecule has 0 saturated heterocycles. The standard InChI is InChI=1S/C17H19F6N3O/c1-9-12(13(24)26(25-9)14(2,3)4)10-5-7-11(8-6-10)15(27,16(18,19)20)17(21,22)23/h5-8,27H,24H2,1-4H3. The Balaban J connectivity index is 2.58. The van der Waals surface area contributed by atoms with Crippen LogP contribution >= 0.6 is 0 Å². The van der Waals surface area contributed by atoms with E-state index in [0.29, 0.717) is 23.4 Å². The molecule has 2 aromatic rings. The first-order valence-electron chi connectivity index (χ1n) is 7.84. The van der Waals surface area contributed by atoms with E-state index < -0.39 is 29.1 Å². The van der Waals surface area contributed by atoms with Crippen LogP contribution in [0.25, 0.3) is 11.1 Å². The van der Waals surface area contributed by atoms with Crippen molar-refractivity contribution in [3.8, 4) is 11.1 Å². The first kappa shape index (κ1) is 21.1. The number of nitrogens with zero attached hydrogens (tertiary/aromatic N) is 2. The number of halogens is 6. The summed E-state index contributed by atoms with van der Waals surface area (Å²) < 4.78 is 79.3. The minimum Gasteiger partial charge on any atom is -0.383 e. The summed E-state index contributed by atoms with van der Waals surface area (Å²) >= 11 is 0. The van der Waals surface area contributed by atoms with Gasteiger partial charge in [-0.05, 0) is 33.3 Å². The number of hydrogen-bond donors (Lipinski definition) is 2. The molecule has 0 radical (unpaired) electrons. The molecule has 0 amide bonds. The lowest BCUT2D eigenvalue weighted by Crippen LogP contribution is -2.53. The smallest absolute Gasteiger partial charge is 0.383 e. The fourth-order valence-electron chi connectivity index (χ4n) is 2.78. The lowest BCUT2D eigenvalue weighted by Gasteiger charge is -2.32. The van der Waals surface area contributed by atoms with E-state index in [2.05, 4.69) is 5.10 Å². The zero-order valence-electron chi connectivity index (χ0n) is 15.0. The summed E-state index contributed by atoms with van der Waals surface area (Å²) in [5.41, 5.74) is 0.471. The van der Waals surface area contributed by atoms with Crippen molar-refractivity contribution >= 4 is 5.82 Å². The topological polar surface area (TPSA) is 64.1 Å². The highest BCUT2D eigenvalue weighted by Crippen LogP contribution is 2.50. The van der Waals surface area contributed by atoms with Crippen LogP contribution in [0.15, 0.2) is 24.3 Å². The molecular weight excluding hydrogens is 376 g/mol. The molecule has 150 valence electrons. The van der Waals surface area contributed by atoms with Crippen molar-refractivity contribution in [1.29, 1.82) is 0 Å². The Labute approximate surface area is 151 Å². The van der Waals surface area contributed by atoms with Gasteiger partial charge in [-0.25, -0.2) is 4.68 Å². The van der Waals surface area contributed by atoms with E-state index in [1.54, 1.807) is 6.92 Å². The highest BCUT2D eigenvalue weighted by molar-refractivity contribution is 5.76. The van der Waals surface area contributed by atoms with Gasteiger partial charge < -0.3 is 10.8 Å². The van der Waals surface area contributed by atoms with Gasteiger partial charge in [0.2, 0.25) is 0 Å². The molecule has 0 aliphatic carbocycles. The van der Waals surface area contributed by atoms with Crippen molar-refractivity contribution in [1.82, 2.24) is 9.78 Å². The van der Waals surface area contributed by atoms with Crippen molar-refractivity contribution in [3.05, 3.63) is 35.5 Å². The predicted octanol–water partition coefficient (Wildman–Crippen LogP) is 4.51. The van der Waals surface area contributed by atoms with Gasteiger partial charge in [0.25, 0.3) is 5.60 Å². The molecule has 2 rings (SSSR count). The van der Waals surface area contributed by atoms with Crippen molar-refractivity contribution < 1.29 is 31.4 Å². The van der Waals surface area contributed by atoms with E-state index in [9.17, 15) is 31.4 Å². The van der Waals surface area contributed by atoms with Crippen molar-refractivity contribution in [2.45, 2.75) is 51.2 Å². The number of alkyl halides is 6. The second kappa shape index (κ2) is 6.15. The fraction of sp³-hybridized carbons (Fsp3) is 0.471. The molecule has 0 saturated carbocycles. The lowest BCUT2D eigenvalue weighted by molar-refractivity contribution is -0.376. The third kappa shape index (κ3) is 3.38. The highest BCUT2D eigenvalue weighted by atomic mass is 19.4. The van der Waals surface area contributed by atoms with Gasteiger partial charge in [-0.3, -0.25) is 0 Å². The fourth-order valence-corrected chi connectivity index (χ4v) is 2.78. The average Bonchev–Trinajstić information content (AvgIpc) is 2.79. The predicted molar refractivity (Wildman–Crippen MR) is 87.8 cm³/mol. The molecule has 0 spiro atoms. The second-order valence-electron chi connectivity index (χ2n) is 7.21. The molecule has 0 fully saturated rings. The SMILES string of the molecule is Cc1nn(C(C)(C)C)c(N)c1-c1ccc(C(O)(C(F)(F)F)C(F)(F)F)cc1. The van der Waals surface area contributed by atoms with E-state index in [4.69, 9.17) is 5.73 Å². The molecule has 4 nitrogen and oxygen atoms in total. The van der Waals surface area contributed by atoms with E-state index in [-0.39, 0.29) is 11.4 Å². The van der Waals surface area contributed by atoms with Crippen LogP contribution in [0, 0.1) is 6.92 Å². The van der Waals surface area contributed by atoms with Gasteiger partial charge in [0.05, 0.1) is 11.2 Å². The summed E-state index contributed by atoms with van der Waals surface area (Å²) in [6, 6.07) is 3.27. The summed E-state index contributed by atoms with van der Waals surface area (Å²) in [5.74, 6) is 0.231. The van der Waals surface area contributed by atoms with Crippen LogP contribution in [-0.4, -0.2) is 27.2 Å². The molecule has 1 heterocycles. The zero-order valence-corrected chi connectivity index (χ0v) is 15.0. The molecule has 1 aromatic heterocycles. The third-order valence-electron chi connectivity index (χ3n) is 4.14. The summed E-state index contributed by atoms with van der Waals surface area (Å²) in [5, 5.41) is 13.7. The van der Waals surface area contributed by atoms with Crippen LogP contribution in [0.2, 0.25) is 0 Å². The van der Waals surface area contributed by atoms with Crippen LogP contribution in [0.4, 0.5) is 32.2 Å². The van der Waals surface area contributed by atoms with Gasteiger partial charge in [-0.1, -0.05) is 24.3 Å². The van der Waals surface area contributed by atoms with Gasteiger partial charge in [0, 0.05) is 11.1 Å². The quantitative estimate of drug-likeness (QED) is 0.736. The monoisotopic (exact) mass is 395 g/mol. The van der Waals surface area contributed by atoms with E-state index in [1.165, 1.54) is 4.68 Å². The maximum atomic E-state index is 13.0. The number of anilines is 1. The Morgan fingerprint density at radius 3 is 1.70 bits per heavy atom. The Bertz CT molecular complexity index is 815. The lowest BCUT2D eigenvalue weighted by atomic mass is 9.90. The molecule has 0 aliphatic heterocycles. The molecule has 1 aromatic carbocycles. The van der Waals surface area contributed by atoms with Gasteiger partial charge in [0.1, 0.15) is 5.82 Å². The van der Waals surface area contributed by atoms with Gasteiger partial charge >= 0.3 is 12.4 Å². The number of nitrogen functional groups attached to an aromatic ring is 1. The minimum absolute atomic E-state index is 0.231. The van der Waals surface area contributed by atoms with Crippen LogP contribution in [0.1, 0.15) is 32.0 Å². The Morgan fingerprint density at radius 2 is 1.37 bits per heavy atom. The van der Waals surface area contributed by atoms with Crippen LogP contribution < -0.4 is 5.73 Å². The molecule has 10 heteroatoms. The van der Waals surface area contributed by atoms with Gasteiger partial charge in [-0.2, -0.15) is 31.4 Å². The molecule has 3 N–H and O–H groups in total. The first-order valence-corrected chi connectivity index (χ1v) is 7.84. The summed E-state index contributed by atoms with van der Waals surface area (Å²) in [6.45, 7) is 7.16. The Morgan fingerprint density at radius 1 is 0.926 bits per heavy atom. The Hall–Kier alpha value is -2.23. The highest BCUT2D eigenvalue weighted by Gasteiger charge is 2.71. The van der Waals surface area contributed by atoms with E-state index in [0.717, 1.165) is 12.1 Å². The molecule has 0 aliphatic rings. The summed E-state index contributed by atoms with van der Waals surface area (Å²) in [7, 11) is 0. The molecule has 0 atom stereocenters. The normalized spacial score (nSPS) is 13.9. The number of aryl methyl sites for hydroxylation is 1. The maximum Gasteiger partial charge on any atom is 0.430 e. The average molecular weight is 395 g/mol. The molecule has 0 bridgehead atoms. The molecule has 27 heavy (non-hydrogen) atoms. The van der Waals surface area contributed by atoms with E-state index >= 15 is 0 Å². The number of benzene rings is 1. The minimum atomic E-state index is -5.93. The van der Waals surface area contributed by atoms with Gasteiger partial charge in [0.15, 0.2) is 0 Å². The van der Waals surface area contributed by atoms with E-state index in [1.807, 2.05) is 20.8 Å². The summed E-state index contributed by atoms with van der Waals surface area (Å²) in [6.07, 6.45) is -11.9. The Kier molecular flexibility index (Phi) is 4.80. The number of aromatic nitrogens is 2. The van der Waals surface area contributed by atoms with Crippen molar-refractivity contribution in [2.75, 3.05) is 5.73 Å². The third-order valence-corrected chi connectivity index (χ3v) is 4.14. The number of nitrogens with two attached hydrogens (primary N) is 1. The largest absolute Gasteiger partial charge is 0.430 e. The zero-order chi connectivity index (χ0) is 21.0. The number of rotatable bonds is 2. The van der Waals surface area contributed by atoms with Crippen molar-refractivity contribution in [3.63, 3.8) is 0 Å². The van der Waals surface area contributed by atoms with Crippen LogP contribution in [0.3, 0.4) is 0 Å². The molecule has 0 unspecified atom stereocenters. The second-order valence-corrected chi connectivity index (χ2v) is 7.21. The first-order chi connectivity index (χ1) is 12.0. The van der Waals surface area contributed by atoms with Gasteiger partial charge in [-0.15, -0.1) is 0 Å². The number of hydrogen-bond acceptors (Lipinski definition) is 3. The summed E-state index contributed by atoms with van der Waals surface area (Å²) in [4.78, 5) is 0. The number of aliphatic hydroxyl groups is 1. The molecular formula is C17H19F6N3O.